The average molecular weight is 231 g/mol. The topological polar surface area (TPSA) is 74.1 Å². The van der Waals surface area contributed by atoms with Gasteiger partial charge in [0.1, 0.15) is 0 Å². The molecular formula is C11H9N3O3. The van der Waals surface area contributed by atoms with E-state index in [-0.39, 0.29) is 5.69 Å². The molecule has 6 heteroatoms. The molecule has 0 N–H and O–H groups in total. The summed E-state index contributed by atoms with van der Waals surface area (Å²) in [5.41, 5.74) is -0.0755. The molecule has 0 fully saturated rings. The van der Waals surface area contributed by atoms with E-state index in [2.05, 4.69) is 14.8 Å². The molecule has 0 aliphatic heterocycles. The number of esters is 1. The maximum absolute atomic E-state index is 11.4. The van der Waals surface area contributed by atoms with E-state index in [1.54, 1.807) is 24.5 Å². The fraction of sp³-hybridized carbons (Fsp3) is 0.0909. The summed E-state index contributed by atoms with van der Waals surface area (Å²) in [6, 6.07) is 4.74. The Kier molecular flexibility index (Phi) is 2.95. The second-order valence-corrected chi connectivity index (χ2v) is 3.18. The summed E-state index contributed by atoms with van der Waals surface area (Å²) in [7, 11) is 1.20. The minimum absolute atomic E-state index is 0.251. The first-order valence-corrected chi connectivity index (χ1v) is 4.81. The number of nitrogens with zero attached hydrogens (tertiary/aromatic N) is 3. The van der Waals surface area contributed by atoms with Crippen LogP contribution in [-0.4, -0.2) is 27.8 Å². The van der Waals surface area contributed by atoms with Gasteiger partial charge >= 0.3 is 5.97 Å². The zero-order chi connectivity index (χ0) is 12.3. The van der Waals surface area contributed by atoms with Gasteiger partial charge in [0.25, 0.3) is 0 Å². The van der Waals surface area contributed by atoms with E-state index < -0.39 is 11.4 Å². The molecule has 0 atom stereocenters. The van der Waals surface area contributed by atoms with Crippen LogP contribution in [0.1, 0.15) is 10.5 Å². The van der Waals surface area contributed by atoms with E-state index >= 15 is 0 Å². The zero-order valence-electron chi connectivity index (χ0n) is 9.03. The van der Waals surface area contributed by atoms with Crippen LogP contribution in [0.15, 0.2) is 41.6 Å². The number of hydrogen-bond acceptors (Lipinski definition) is 5. The first kappa shape index (κ1) is 11.0. The average Bonchev–Trinajstić information content (AvgIpc) is 2.39. The van der Waals surface area contributed by atoms with Crippen molar-refractivity contribution in [1.29, 1.82) is 0 Å². The summed E-state index contributed by atoms with van der Waals surface area (Å²) in [5.74, 6) is -0.756. The molecular weight excluding hydrogens is 222 g/mol. The smallest absolute Gasteiger partial charge is 0.362 e. The van der Waals surface area contributed by atoms with Gasteiger partial charge in [-0.2, -0.15) is 5.10 Å². The summed E-state index contributed by atoms with van der Waals surface area (Å²) < 4.78 is 5.87. The van der Waals surface area contributed by atoms with E-state index in [4.69, 9.17) is 0 Å². The maximum Gasteiger partial charge on any atom is 0.362 e. The molecule has 0 radical (unpaired) electrons. The number of methoxy groups -OCH3 is 1. The number of carbonyl (C=O) groups is 1. The van der Waals surface area contributed by atoms with Crippen LogP contribution in [0.25, 0.3) is 5.69 Å². The van der Waals surface area contributed by atoms with E-state index in [1.807, 2.05) is 0 Å². The highest BCUT2D eigenvalue weighted by Gasteiger charge is 2.13. The lowest BCUT2D eigenvalue weighted by molar-refractivity contribution is 0.0590. The molecule has 0 saturated carbocycles. The number of carbonyl (C=O) groups excluding carboxylic acids is 1. The Morgan fingerprint density at radius 2 is 2.24 bits per heavy atom. The molecule has 2 rings (SSSR count). The molecule has 6 nitrogen and oxygen atoms in total. The van der Waals surface area contributed by atoms with Crippen molar-refractivity contribution in [2.75, 3.05) is 7.11 Å². The van der Waals surface area contributed by atoms with Crippen molar-refractivity contribution in [2.45, 2.75) is 0 Å². The van der Waals surface area contributed by atoms with Crippen LogP contribution in [0, 0.1) is 0 Å². The summed E-state index contributed by atoms with van der Waals surface area (Å²) in [4.78, 5) is 26.6. The molecule has 0 aromatic carbocycles. The molecule has 0 aliphatic carbocycles. The van der Waals surface area contributed by atoms with Crippen LogP contribution in [0.3, 0.4) is 0 Å². The number of aromatic nitrogens is 3. The summed E-state index contributed by atoms with van der Waals surface area (Å²) >= 11 is 0. The van der Waals surface area contributed by atoms with Gasteiger partial charge in [-0.05, 0) is 12.1 Å². The van der Waals surface area contributed by atoms with E-state index in [0.717, 1.165) is 0 Å². The molecule has 0 amide bonds. The van der Waals surface area contributed by atoms with E-state index in [1.165, 1.54) is 24.1 Å². The van der Waals surface area contributed by atoms with Gasteiger partial charge in [0, 0.05) is 18.5 Å². The maximum atomic E-state index is 11.4. The van der Waals surface area contributed by atoms with Crippen molar-refractivity contribution < 1.29 is 9.53 Å². The van der Waals surface area contributed by atoms with Gasteiger partial charge in [0.05, 0.1) is 19.0 Å². The Hall–Kier alpha value is -2.50. The SMILES string of the molecule is COC(=O)c1nn(-c2cccnc2)ccc1=O. The standard InChI is InChI=1S/C11H9N3O3/c1-17-11(16)10-9(15)4-6-14(13-10)8-3-2-5-12-7-8/h2-7H,1H3. The van der Waals surface area contributed by atoms with Crippen LogP contribution in [-0.2, 0) is 4.74 Å². The third kappa shape index (κ3) is 2.20. The molecule has 2 heterocycles. The molecule has 0 saturated heterocycles. The van der Waals surface area contributed by atoms with Crippen molar-refractivity contribution in [3.05, 3.63) is 52.7 Å². The van der Waals surface area contributed by atoms with E-state index in [0.29, 0.717) is 5.69 Å². The Bertz CT molecular complexity index is 592. The van der Waals surface area contributed by atoms with Gasteiger partial charge in [-0.25, -0.2) is 9.48 Å². The number of ether oxygens (including phenoxy) is 1. The number of rotatable bonds is 2. The highest BCUT2D eigenvalue weighted by Crippen LogP contribution is 2.02. The van der Waals surface area contributed by atoms with E-state index in [9.17, 15) is 9.59 Å². The molecule has 2 aromatic rings. The Balaban J connectivity index is 2.52. The highest BCUT2D eigenvalue weighted by atomic mass is 16.5. The fourth-order valence-electron chi connectivity index (χ4n) is 1.28. The monoisotopic (exact) mass is 231 g/mol. The number of pyridine rings is 1. The van der Waals surface area contributed by atoms with Crippen LogP contribution >= 0.6 is 0 Å². The van der Waals surface area contributed by atoms with Crippen LogP contribution in [0.5, 0.6) is 0 Å². The highest BCUT2D eigenvalue weighted by molar-refractivity contribution is 5.86. The normalized spacial score (nSPS) is 9.94. The summed E-state index contributed by atoms with van der Waals surface area (Å²) in [6.07, 6.45) is 4.65. The third-order valence-electron chi connectivity index (χ3n) is 2.10. The Labute approximate surface area is 96.5 Å². The Morgan fingerprint density at radius 1 is 1.41 bits per heavy atom. The fourth-order valence-corrected chi connectivity index (χ4v) is 1.28. The van der Waals surface area contributed by atoms with Gasteiger partial charge in [-0.1, -0.05) is 0 Å². The summed E-state index contributed by atoms with van der Waals surface area (Å²) in [5, 5.41) is 3.90. The van der Waals surface area contributed by atoms with Crippen molar-refractivity contribution >= 4 is 5.97 Å². The predicted molar refractivity (Wildman–Crippen MR) is 59.0 cm³/mol. The molecule has 86 valence electrons. The molecule has 2 aromatic heterocycles. The van der Waals surface area contributed by atoms with Gasteiger partial charge in [-0.15, -0.1) is 0 Å². The zero-order valence-corrected chi connectivity index (χ0v) is 9.03. The number of hydrogen-bond donors (Lipinski definition) is 0. The van der Waals surface area contributed by atoms with Gasteiger partial charge < -0.3 is 4.74 Å². The van der Waals surface area contributed by atoms with Crippen LogP contribution in [0.2, 0.25) is 0 Å². The lowest BCUT2D eigenvalue weighted by Gasteiger charge is -2.05. The quantitative estimate of drug-likeness (QED) is 0.700. The lowest BCUT2D eigenvalue weighted by atomic mass is 10.3. The molecule has 0 spiro atoms. The van der Waals surface area contributed by atoms with Gasteiger partial charge in [0.15, 0.2) is 0 Å². The lowest BCUT2D eigenvalue weighted by Crippen LogP contribution is -2.21. The first-order valence-electron chi connectivity index (χ1n) is 4.81. The molecule has 0 aliphatic rings. The van der Waals surface area contributed by atoms with Crippen molar-refractivity contribution in [1.82, 2.24) is 14.8 Å². The van der Waals surface area contributed by atoms with Gasteiger partial charge in [-0.3, -0.25) is 9.78 Å². The van der Waals surface area contributed by atoms with Crippen molar-refractivity contribution in [3.8, 4) is 5.69 Å². The van der Waals surface area contributed by atoms with Crippen LogP contribution < -0.4 is 5.43 Å². The van der Waals surface area contributed by atoms with Crippen LogP contribution in [0.4, 0.5) is 0 Å². The predicted octanol–water partition coefficient (Wildman–Crippen LogP) is 0.414. The second kappa shape index (κ2) is 4.56. The molecule has 0 bridgehead atoms. The van der Waals surface area contributed by atoms with Crippen molar-refractivity contribution in [2.24, 2.45) is 0 Å². The van der Waals surface area contributed by atoms with Crippen molar-refractivity contribution in [3.63, 3.8) is 0 Å². The van der Waals surface area contributed by atoms with Gasteiger partial charge in [0.2, 0.25) is 11.1 Å². The molecule has 17 heavy (non-hydrogen) atoms. The third-order valence-corrected chi connectivity index (χ3v) is 2.10. The Morgan fingerprint density at radius 3 is 2.88 bits per heavy atom. The molecule has 0 unspecified atom stereocenters. The minimum atomic E-state index is -0.756. The minimum Gasteiger partial charge on any atom is -0.464 e. The largest absolute Gasteiger partial charge is 0.464 e. The first-order chi connectivity index (χ1) is 8.22. The second-order valence-electron chi connectivity index (χ2n) is 3.18. The summed E-state index contributed by atoms with van der Waals surface area (Å²) in [6.45, 7) is 0.